The molecule has 1 aromatic heterocycles. The molecule has 0 saturated carbocycles. The first-order valence-electron chi connectivity index (χ1n) is 8.39. The van der Waals surface area contributed by atoms with Gasteiger partial charge in [-0.2, -0.15) is 0 Å². The lowest BCUT2D eigenvalue weighted by Crippen LogP contribution is -2.01. The molecule has 0 unspecified atom stereocenters. The molecule has 2 aromatic carbocycles. The van der Waals surface area contributed by atoms with E-state index in [4.69, 9.17) is 23.2 Å². The van der Waals surface area contributed by atoms with Crippen molar-refractivity contribution in [2.24, 2.45) is 0 Å². The van der Waals surface area contributed by atoms with Crippen molar-refractivity contribution in [3.8, 4) is 16.3 Å². The van der Waals surface area contributed by atoms with Crippen molar-refractivity contribution in [3.63, 3.8) is 0 Å². The number of phenols is 1. The summed E-state index contributed by atoms with van der Waals surface area (Å²) in [5, 5.41) is 10.5. The third kappa shape index (κ3) is 4.27. The fraction of sp³-hybridized carbons (Fsp3) is 0.143. The first-order valence-corrected chi connectivity index (χ1v) is 9.97. The van der Waals surface area contributed by atoms with Gasteiger partial charge in [0.15, 0.2) is 5.78 Å². The van der Waals surface area contributed by atoms with Gasteiger partial charge in [0.1, 0.15) is 21.6 Å². The number of ketones is 1. The Balaban J connectivity index is 1.79. The van der Waals surface area contributed by atoms with Crippen LogP contribution in [0.2, 0.25) is 10.0 Å². The Kier molecular flexibility index (Phi) is 6.18. The third-order valence-electron chi connectivity index (χ3n) is 4.24. The minimum atomic E-state index is -0.518. The highest BCUT2D eigenvalue weighted by molar-refractivity contribution is 7.17. The number of phenolic OH excluding ortho intramolecular Hbond substituents is 1. The summed E-state index contributed by atoms with van der Waals surface area (Å²) < 4.78 is 13.4. The first-order chi connectivity index (χ1) is 13.3. The molecule has 3 nitrogen and oxygen atoms in total. The van der Waals surface area contributed by atoms with Gasteiger partial charge in [-0.15, -0.1) is 11.3 Å². The van der Waals surface area contributed by atoms with Gasteiger partial charge >= 0.3 is 0 Å². The third-order valence-corrected chi connectivity index (χ3v) is 6.39. The van der Waals surface area contributed by atoms with Crippen LogP contribution in [-0.2, 0) is 6.42 Å². The van der Waals surface area contributed by atoms with E-state index in [0.29, 0.717) is 33.1 Å². The second-order valence-electron chi connectivity index (χ2n) is 6.21. The second kappa shape index (κ2) is 8.43. The lowest BCUT2D eigenvalue weighted by Gasteiger charge is -2.06. The summed E-state index contributed by atoms with van der Waals surface area (Å²) >= 11 is 13.3. The van der Waals surface area contributed by atoms with Crippen molar-refractivity contribution in [2.75, 3.05) is 0 Å². The molecule has 28 heavy (non-hydrogen) atoms. The standard InChI is InChI=1S/C21H16Cl2FNO2S/c1-11(24)14-4-3-5-15(10-14)21-25-12(2)20(28-21)17(27)9-7-13-6-8-16(26)19(23)18(13)22/h3-6,8,10,26H,1,7,9H2,2H3. The molecule has 144 valence electrons. The van der Waals surface area contributed by atoms with Crippen LogP contribution >= 0.6 is 34.5 Å². The number of nitrogens with zero attached hydrogens (tertiary/aromatic N) is 1. The van der Waals surface area contributed by atoms with E-state index in [2.05, 4.69) is 11.6 Å². The number of halogens is 3. The van der Waals surface area contributed by atoms with Gasteiger partial charge in [-0.1, -0.05) is 54.0 Å². The highest BCUT2D eigenvalue weighted by Gasteiger charge is 2.18. The SMILES string of the molecule is C=C(F)c1cccc(-c2nc(C)c(C(=O)CCc3ccc(O)c(Cl)c3Cl)s2)c1. The molecule has 0 fully saturated rings. The van der Waals surface area contributed by atoms with E-state index < -0.39 is 5.83 Å². The van der Waals surface area contributed by atoms with Crippen LogP contribution in [0.5, 0.6) is 5.75 Å². The predicted octanol–water partition coefficient (Wildman–Crippen LogP) is 6.89. The topological polar surface area (TPSA) is 50.2 Å². The minimum absolute atomic E-state index is 0.0624. The molecule has 3 rings (SSSR count). The number of aromatic hydroxyl groups is 1. The van der Waals surface area contributed by atoms with Crippen molar-refractivity contribution < 1.29 is 14.3 Å². The molecule has 0 aliphatic carbocycles. The molecule has 0 spiro atoms. The summed E-state index contributed by atoms with van der Waals surface area (Å²) in [4.78, 5) is 17.7. The smallest absolute Gasteiger partial charge is 0.175 e. The second-order valence-corrected chi connectivity index (χ2v) is 7.97. The summed E-state index contributed by atoms with van der Waals surface area (Å²) in [5.74, 6) is -0.675. The normalized spacial score (nSPS) is 10.9. The Morgan fingerprint density at radius 2 is 2.00 bits per heavy atom. The number of aryl methyl sites for hydroxylation is 2. The van der Waals surface area contributed by atoms with E-state index in [-0.39, 0.29) is 28.0 Å². The van der Waals surface area contributed by atoms with Gasteiger partial charge in [-0.25, -0.2) is 9.37 Å². The van der Waals surface area contributed by atoms with Crippen LogP contribution in [0.4, 0.5) is 4.39 Å². The van der Waals surface area contributed by atoms with Crippen LogP contribution in [-0.4, -0.2) is 15.9 Å². The van der Waals surface area contributed by atoms with E-state index >= 15 is 0 Å². The van der Waals surface area contributed by atoms with Crippen molar-refractivity contribution in [2.45, 2.75) is 19.8 Å². The van der Waals surface area contributed by atoms with Crippen molar-refractivity contribution in [3.05, 3.63) is 74.7 Å². The molecule has 1 heterocycles. The van der Waals surface area contributed by atoms with Gasteiger partial charge < -0.3 is 5.11 Å². The predicted molar refractivity (Wildman–Crippen MR) is 113 cm³/mol. The van der Waals surface area contributed by atoms with E-state index in [1.54, 1.807) is 31.2 Å². The molecule has 1 N–H and O–H groups in total. The lowest BCUT2D eigenvalue weighted by molar-refractivity contribution is 0.0986. The Labute approximate surface area is 176 Å². The average Bonchev–Trinajstić information content (AvgIpc) is 3.07. The Morgan fingerprint density at radius 1 is 1.25 bits per heavy atom. The Morgan fingerprint density at radius 3 is 2.71 bits per heavy atom. The zero-order valence-corrected chi connectivity index (χ0v) is 17.3. The lowest BCUT2D eigenvalue weighted by atomic mass is 10.1. The maximum absolute atomic E-state index is 13.4. The highest BCUT2D eigenvalue weighted by Crippen LogP contribution is 2.35. The molecule has 0 aliphatic heterocycles. The molecule has 7 heteroatoms. The monoisotopic (exact) mass is 435 g/mol. The van der Waals surface area contributed by atoms with Crippen molar-refractivity contribution >= 4 is 46.1 Å². The van der Waals surface area contributed by atoms with Crippen LogP contribution in [0.25, 0.3) is 16.4 Å². The van der Waals surface area contributed by atoms with Gasteiger partial charge in [0.05, 0.1) is 15.6 Å². The maximum atomic E-state index is 13.4. The fourth-order valence-electron chi connectivity index (χ4n) is 2.73. The van der Waals surface area contributed by atoms with Gasteiger partial charge in [0.25, 0.3) is 0 Å². The number of Topliss-reactive ketones (excluding diaryl/α,β-unsaturated/α-hetero) is 1. The molecule has 3 aromatic rings. The summed E-state index contributed by atoms with van der Waals surface area (Å²) in [7, 11) is 0. The molecule has 0 amide bonds. The highest BCUT2D eigenvalue weighted by atomic mass is 35.5. The molecule has 0 radical (unpaired) electrons. The number of carbonyl (C=O) groups is 1. The number of hydrogen-bond acceptors (Lipinski definition) is 4. The molecular formula is C21H16Cl2FNO2S. The molecule has 0 saturated heterocycles. The van der Waals surface area contributed by atoms with E-state index in [1.807, 2.05) is 6.07 Å². The largest absolute Gasteiger partial charge is 0.506 e. The number of rotatable bonds is 6. The molecular weight excluding hydrogens is 420 g/mol. The van der Waals surface area contributed by atoms with Crippen LogP contribution < -0.4 is 0 Å². The van der Waals surface area contributed by atoms with Gasteiger partial charge in [0.2, 0.25) is 0 Å². The quantitative estimate of drug-likeness (QED) is 0.428. The fourth-order valence-corrected chi connectivity index (χ4v) is 4.20. The number of aromatic nitrogens is 1. The van der Waals surface area contributed by atoms with Gasteiger partial charge in [-0.3, -0.25) is 4.79 Å². The number of carbonyl (C=O) groups excluding carboxylic acids is 1. The van der Waals surface area contributed by atoms with Crippen LogP contribution in [0, 0.1) is 6.92 Å². The van der Waals surface area contributed by atoms with E-state index in [0.717, 1.165) is 5.56 Å². The van der Waals surface area contributed by atoms with Crippen LogP contribution in [0.1, 0.15) is 32.9 Å². The molecule has 0 bridgehead atoms. The van der Waals surface area contributed by atoms with Crippen LogP contribution in [0.15, 0.2) is 43.0 Å². The average molecular weight is 436 g/mol. The number of thiazole rings is 1. The molecule has 0 aliphatic rings. The summed E-state index contributed by atoms with van der Waals surface area (Å²) in [6, 6.07) is 9.94. The minimum Gasteiger partial charge on any atom is -0.506 e. The Bertz CT molecular complexity index is 1080. The van der Waals surface area contributed by atoms with Gasteiger partial charge in [-0.05, 0) is 31.0 Å². The zero-order valence-electron chi connectivity index (χ0n) is 14.9. The summed E-state index contributed by atoms with van der Waals surface area (Å²) in [5.41, 5.74) is 2.44. The van der Waals surface area contributed by atoms with E-state index in [9.17, 15) is 14.3 Å². The van der Waals surface area contributed by atoms with Crippen molar-refractivity contribution in [1.29, 1.82) is 0 Å². The number of benzene rings is 2. The van der Waals surface area contributed by atoms with Crippen LogP contribution in [0.3, 0.4) is 0 Å². The summed E-state index contributed by atoms with van der Waals surface area (Å²) in [6.45, 7) is 5.08. The van der Waals surface area contributed by atoms with Gasteiger partial charge in [0, 0.05) is 17.5 Å². The number of hydrogen-bond donors (Lipinski definition) is 1. The van der Waals surface area contributed by atoms with Crippen molar-refractivity contribution in [1.82, 2.24) is 4.98 Å². The molecule has 0 atom stereocenters. The zero-order chi connectivity index (χ0) is 20.4. The first kappa shape index (κ1) is 20.5. The summed E-state index contributed by atoms with van der Waals surface area (Å²) in [6.07, 6.45) is 0.617. The Hall–Kier alpha value is -2.21. The maximum Gasteiger partial charge on any atom is 0.175 e. The van der Waals surface area contributed by atoms with E-state index in [1.165, 1.54) is 17.4 Å².